The van der Waals surface area contributed by atoms with Gasteiger partial charge in [-0.2, -0.15) is 0 Å². The van der Waals surface area contributed by atoms with Gasteiger partial charge in [-0.25, -0.2) is 0 Å². The molecule has 0 aliphatic carbocycles. The zero-order valence-corrected chi connectivity index (χ0v) is 14.3. The van der Waals surface area contributed by atoms with Gasteiger partial charge in [-0.3, -0.25) is 4.79 Å². The van der Waals surface area contributed by atoms with E-state index in [-0.39, 0.29) is 0 Å². The van der Waals surface area contributed by atoms with Crippen LogP contribution in [0.1, 0.15) is 10.4 Å². The fraction of sp³-hybridized carbons (Fsp3) is 0.133. The molecule has 0 aliphatic rings. The third kappa shape index (κ3) is 5.35. The standard InChI is InChI=1S/C8H7BrO2.C7H7BrO/c1-11-8-3-2-7(9)4-6(8)5-10;1-9-7-4-2-6(8)3-5-7/h2-5H,1H3;2-5H,1H3. The Morgan fingerprint density at radius 1 is 0.900 bits per heavy atom. The molecule has 0 aromatic heterocycles. The summed E-state index contributed by atoms with van der Waals surface area (Å²) in [5, 5.41) is 0. The van der Waals surface area contributed by atoms with Crippen LogP contribution in [0.4, 0.5) is 0 Å². The molecule has 0 heterocycles. The summed E-state index contributed by atoms with van der Waals surface area (Å²) < 4.78 is 11.8. The molecule has 0 fully saturated rings. The van der Waals surface area contributed by atoms with Crippen LogP contribution < -0.4 is 9.47 Å². The number of carbonyl (C=O) groups is 1. The van der Waals surface area contributed by atoms with Crippen molar-refractivity contribution in [1.82, 2.24) is 0 Å². The molecule has 5 heteroatoms. The lowest BCUT2D eigenvalue weighted by molar-refractivity contribution is 0.112. The third-order valence-electron chi connectivity index (χ3n) is 2.37. The maximum absolute atomic E-state index is 10.4. The highest BCUT2D eigenvalue weighted by atomic mass is 79.9. The van der Waals surface area contributed by atoms with E-state index >= 15 is 0 Å². The predicted octanol–water partition coefficient (Wildman–Crippen LogP) is 4.73. The fourth-order valence-electron chi connectivity index (χ4n) is 1.37. The van der Waals surface area contributed by atoms with E-state index in [2.05, 4.69) is 31.9 Å². The van der Waals surface area contributed by atoms with Crippen molar-refractivity contribution in [2.75, 3.05) is 14.2 Å². The first-order valence-electron chi connectivity index (χ1n) is 5.69. The first kappa shape index (κ1) is 16.7. The summed E-state index contributed by atoms with van der Waals surface area (Å²) >= 11 is 6.57. The molecule has 2 aromatic carbocycles. The van der Waals surface area contributed by atoms with Crippen molar-refractivity contribution in [3.05, 3.63) is 57.0 Å². The lowest BCUT2D eigenvalue weighted by atomic mass is 10.2. The molecule has 0 bridgehead atoms. The number of aldehydes is 1. The minimum absolute atomic E-state index is 0.557. The van der Waals surface area contributed by atoms with Crippen molar-refractivity contribution < 1.29 is 14.3 Å². The highest BCUT2D eigenvalue weighted by molar-refractivity contribution is 9.10. The Kier molecular flexibility index (Phi) is 7.33. The average Bonchev–Trinajstić information content (AvgIpc) is 2.48. The summed E-state index contributed by atoms with van der Waals surface area (Å²) in [5.41, 5.74) is 0.557. The van der Waals surface area contributed by atoms with Crippen LogP contribution >= 0.6 is 31.9 Å². The van der Waals surface area contributed by atoms with E-state index in [0.717, 1.165) is 21.0 Å². The molecular weight excluding hydrogens is 388 g/mol. The average molecular weight is 402 g/mol. The van der Waals surface area contributed by atoms with Crippen molar-refractivity contribution in [3.63, 3.8) is 0 Å². The monoisotopic (exact) mass is 400 g/mol. The van der Waals surface area contributed by atoms with Crippen molar-refractivity contribution >= 4 is 38.1 Å². The zero-order chi connectivity index (χ0) is 15.0. The van der Waals surface area contributed by atoms with Crippen molar-refractivity contribution in [2.24, 2.45) is 0 Å². The number of hydrogen-bond acceptors (Lipinski definition) is 3. The Balaban J connectivity index is 0.000000204. The molecule has 0 amide bonds. The summed E-state index contributed by atoms with van der Waals surface area (Å²) in [6.07, 6.45) is 0.767. The van der Waals surface area contributed by atoms with Crippen LogP contribution in [0.15, 0.2) is 51.4 Å². The molecule has 0 unspecified atom stereocenters. The molecule has 2 aromatic rings. The van der Waals surface area contributed by atoms with Crippen molar-refractivity contribution in [2.45, 2.75) is 0 Å². The Morgan fingerprint density at radius 3 is 2.00 bits per heavy atom. The summed E-state index contributed by atoms with van der Waals surface area (Å²) in [5.74, 6) is 1.49. The maximum Gasteiger partial charge on any atom is 0.153 e. The molecule has 0 atom stereocenters. The number of halogens is 2. The van der Waals surface area contributed by atoms with E-state index in [1.165, 1.54) is 7.11 Å². The Morgan fingerprint density at radius 2 is 1.50 bits per heavy atom. The normalized spacial score (nSPS) is 9.20. The first-order valence-corrected chi connectivity index (χ1v) is 7.27. The predicted molar refractivity (Wildman–Crippen MR) is 86.8 cm³/mol. The van der Waals surface area contributed by atoms with Crippen LogP contribution in [-0.4, -0.2) is 20.5 Å². The van der Waals surface area contributed by atoms with Crippen LogP contribution in [0.3, 0.4) is 0 Å². The van der Waals surface area contributed by atoms with E-state index in [4.69, 9.17) is 9.47 Å². The van der Waals surface area contributed by atoms with Gasteiger partial charge in [-0.05, 0) is 42.5 Å². The smallest absolute Gasteiger partial charge is 0.153 e. The molecule has 20 heavy (non-hydrogen) atoms. The quantitative estimate of drug-likeness (QED) is 0.697. The van der Waals surface area contributed by atoms with E-state index in [1.54, 1.807) is 19.2 Å². The second-order valence-electron chi connectivity index (χ2n) is 3.66. The van der Waals surface area contributed by atoms with E-state index < -0.39 is 0 Å². The molecule has 2 rings (SSSR count). The van der Waals surface area contributed by atoms with Gasteiger partial charge in [0.15, 0.2) is 6.29 Å². The number of ether oxygens (including phenoxy) is 2. The van der Waals surface area contributed by atoms with E-state index in [0.29, 0.717) is 11.3 Å². The Hall–Kier alpha value is -1.33. The highest BCUT2D eigenvalue weighted by Gasteiger charge is 2.00. The van der Waals surface area contributed by atoms with Crippen molar-refractivity contribution in [1.29, 1.82) is 0 Å². The second kappa shape index (κ2) is 8.76. The van der Waals surface area contributed by atoms with Gasteiger partial charge in [0, 0.05) is 8.95 Å². The molecule has 0 saturated heterocycles. The minimum atomic E-state index is 0.557. The lowest BCUT2D eigenvalue weighted by Crippen LogP contribution is -1.89. The third-order valence-corrected chi connectivity index (χ3v) is 3.39. The molecule has 0 aliphatic heterocycles. The summed E-state index contributed by atoms with van der Waals surface area (Å²) in [4.78, 5) is 10.4. The zero-order valence-electron chi connectivity index (χ0n) is 11.1. The number of carbonyl (C=O) groups excluding carboxylic acids is 1. The van der Waals surface area contributed by atoms with E-state index in [1.807, 2.05) is 30.3 Å². The van der Waals surface area contributed by atoms with Crippen LogP contribution in [0, 0.1) is 0 Å². The van der Waals surface area contributed by atoms with Gasteiger partial charge in [0.25, 0.3) is 0 Å². The van der Waals surface area contributed by atoms with Crippen LogP contribution in [0.25, 0.3) is 0 Å². The maximum atomic E-state index is 10.4. The molecule has 0 saturated carbocycles. The Bertz CT molecular complexity index is 554. The number of hydrogen-bond donors (Lipinski definition) is 0. The highest BCUT2D eigenvalue weighted by Crippen LogP contribution is 2.20. The van der Waals surface area contributed by atoms with Crippen LogP contribution in [0.2, 0.25) is 0 Å². The van der Waals surface area contributed by atoms with Gasteiger partial charge in [0.05, 0.1) is 19.8 Å². The van der Waals surface area contributed by atoms with Crippen LogP contribution in [0.5, 0.6) is 11.5 Å². The molecule has 106 valence electrons. The number of methoxy groups -OCH3 is 2. The Labute approximate surface area is 135 Å². The van der Waals surface area contributed by atoms with Gasteiger partial charge in [0.1, 0.15) is 11.5 Å². The summed E-state index contributed by atoms with van der Waals surface area (Å²) in [6, 6.07) is 13.0. The molecular formula is C15H14Br2O3. The minimum Gasteiger partial charge on any atom is -0.497 e. The van der Waals surface area contributed by atoms with Gasteiger partial charge in [-0.15, -0.1) is 0 Å². The largest absolute Gasteiger partial charge is 0.497 e. The first-order chi connectivity index (χ1) is 9.60. The lowest BCUT2D eigenvalue weighted by Gasteiger charge is -2.01. The molecule has 3 nitrogen and oxygen atoms in total. The van der Waals surface area contributed by atoms with Gasteiger partial charge < -0.3 is 9.47 Å². The van der Waals surface area contributed by atoms with Gasteiger partial charge in [0.2, 0.25) is 0 Å². The number of rotatable bonds is 3. The second-order valence-corrected chi connectivity index (χ2v) is 5.49. The van der Waals surface area contributed by atoms with E-state index in [9.17, 15) is 4.79 Å². The molecule has 0 spiro atoms. The molecule has 0 N–H and O–H groups in total. The fourth-order valence-corrected chi connectivity index (χ4v) is 2.01. The summed E-state index contributed by atoms with van der Waals surface area (Å²) in [7, 11) is 3.19. The topological polar surface area (TPSA) is 35.5 Å². The molecule has 0 radical (unpaired) electrons. The number of benzene rings is 2. The van der Waals surface area contributed by atoms with Crippen molar-refractivity contribution in [3.8, 4) is 11.5 Å². The summed E-state index contributed by atoms with van der Waals surface area (Å²) in [6.45, 7) is 0. The SMILES string of the molecule is COc1ccc(Br)cc1.COc1ccc(Br)cc1C=O. The van der Waals surface area contributed by atoms with Gasteiger partial charge >= 0.3 is 0 Å². The van der Waals surface area contributed by atoms with Crippen LogP contribution in [-0.2, 0) is 0 Å². The van der Waals surface area contributed by atoms with Gasteiger partial charge in [-0.1, -0.05) is 31.9 Å².